The fraction of sp³-hybridized carbons (Fsp3) is 0.286. The number of thioether (sulfide) groups is 1. The number of thiazole rings is 1. The van der Waals surface area contributed by atoms with Gasteiger partial charge in [0.2, 0.25) is 0 Å². The van der Waals surface area contributed by atoms with E-state index < -0.39 is 36.1 Å². The van der Waals surface area contributed by atoms with Crippen LogP contribution in [0.4, 0.5) is 5.13 Å². The van der Waals surface area contributed by atoms with Crippen molar-refractivity contribution in [2.24, 2.45) is 0 Å². The summed E-state index contributed by atoms with van der Waals surface area (Å²) in [5.41, 5.74) is 8.92. The third kappa shape index (κ3) is 5.74. The summed E-state index contributed by atoms with van der Waals surface area (Å²) in [5, 5.41) is 11.7. The molecule has 2 aliphatic heterocycles. The van der Waals surface area contributed by atoms with Crippen LogP contribution in [0, 0.1) is 0 Å². The Balaban J connectivity index is 1.26. The molecule has 2 aliphatic rings. The maximum atomic E-state index is 6.66. The molecule has 15 heteroatoms. The van der Waals surface area contributed by atoms with Crippen LogP contribution in [0.25, 0.3) is 22.6 Å². The van der Waals surface area contributed by atoms with E-state index >= 15 is 0 Å². The monoisotopic (exact) mass is 636 g/mol. The summed E-state index contributed by atoms with van der Waals surface area (Å²) in [6.07, 6.45) is 6.28. The Bertz CT molecular complexity index is 1690. The predicted octanol–water partition coefficient (Wildman–Crippen LogP) is 4.68. The van der Waals surface area contributed by atoms with Gasteiger partial charge in [0.25, 0.3) is 0 Å². The highest BCUT2D eigenvalue weighted by atomic mass is 35.5. The molecule has 5 aromatic rings. The number of nitrogens with two attached hydrogens (primary N) is 1. The van der Waals surface area contributed by atoms with Crippen molar-refractivity contribution in [1.29, 1.82) is 0 Å². The maximum Gasteiger partial charge on any atom is 0.184 e. The number of hydrogen-bond donors (Lipinski definition) is 1. The normalized spacial score (nSPS) is 25.3. The molecular weight excluding hydrogens is 612 g/mol. The molecule has 2 N–H and O–H groups in total. The Labute approximate surface area is 259 Å². The molecule has 0 spiro atoms. The molecule has 2 fully saturated rings. The van der Waals surface area contributed by atoms with Crippen molar-refractivity contribution >= 4 is 39.8 Å². The fourth-order valence-electron chi connectivity index (χ4n) is 5.21. The second kappa shape index (κ2) is 12.2. The Morgan fingerprint density at radius 1 is 1.12 bits per heavy atom. The summed E-state index contributed by atoms with van der Waals surface area (Å²) in [7, 11) is 1.64. The zero-order valence-electron chi connectivity index (χ0n) is 22.6. The Morgan fingerprint density at radius 2 is 1.95 bits per heavy atom. The quantitative estimate of drug-likeness (QED) is 0.265. The molecule has 6 unspecified atom stereocenters. The third-order valence-electron chi connectivity index (χ3n) is 7.15. The first kappa shape index (κ1) is 28.3. The average molecular weight is 637 g/mol. The molecule has 0 amide bonds. The number of nitrogens with zero attached hydrogens (tertiary/aromatic N) is 7. The largest absolute Gasteiger partial charge is 0.375 e. The minimum atomic E-state index is -0.585. The number of fused-ring (bicyclic) bond motifs is 1. The molecule has 6 heterocycles. The summed E-state index contributed by atoms with van der Waals surface area (Å²) in [4.78, 5) is 18.0. The molecule has 6 atom stereocenters. The van der Waals surface area contributed by atoms with E-state index in [0.29, 0.717) is 33.8 Å². The number of nitrogen functional groups attached to an aromatic ring is 1. The number of benzene rings is 1. The van der Waals surface area contributed by atoms with Gasteiger partial charge in [0, 0.05) is 47.1 Å². The standard InChI is InChI=1S/C28H25ClN8O4S2/c1-38-25-23(37-11-18(35-36-37)19-13-42-28(30)34-19)24-20(12-39-26(41-24)15-5-3-2-4-6-15)40-27(25)43-21-7-17(29)10-33-22(21)16-8-31-14-32-9-16/h2-11,13-14,20,23-27H,12H2,1H3,(H2,30,34). The topological polar surface area (TPSA) is 145 Å². The van der Waals surface area contributed by atoms with E-state index in [-0.39, 0.29) is 0 Å². The highest BCUT2D eigenvalue weighted by molar-refractivity contribution is 8.00. The van der Waals surface area contributed by atoms with E-state index in [0.717, 1.165) is 16.0 Å². The summed E-state index contributed by atoms with van der Waals surface area (Å²) in [6, 6.07) is 11.2. The smallest absolute Gasteiger partial charge is 0.184 e. The van der Waals surface area contributed by atoms with Gasteiger partial charge in [0.1, 0.15) is 47.5 Å². The minimum absolute atomic E-state index is 0.297. The van der Waals surface area contributed by atoms with Crippen molar-refractivity contribution in [1.82, 2.24) is 34.9 Å². The Hall–Kier alpha value is -3.50. The Kier molecular flexibility index (Phi) is 8.05. The second-order valence-corrected chi connectivity index (χ2v) is 12.3. The van der Waals surface area contributed by atoms with Gasteiger partial charge in [-0.15, -0.1) is 16.4 Å². The second-order valence-electron chi connectivity index (χ2n) is 9.81. The van der Waals surface area contributed by atoms with Crippen LogP contribution in [-0.4, -0.2) is 72.4 Å². The van der Waals surface area contributed by atoms with Gasteiger partial charge in [0.05, 0.1) is 23.5 Å². The first-order valence-electron chi connectivity index (χ1n) is 13.3. The molecule has 0 radical (unpaired) electrons. The maximum absolute atomic E-state index is 6.66. The van der Waals surface area contributed by atoms with Crippen LogP contribution in [-0.2, 0) is 18.9 Å². The van der Waals surface area contributed by atoms with Crippen molar-refractivity contribution in [3.05, 3.63) is 83.5 Å². The van der Waals surface area contributed by atoms with Crippen molar-refractivity contribution in [2.75, 3.05) is 19.5 Å². The first-order chi connectivity index (χ1) is 21.1. The summed E-state index contributed by atoms with van der Waals surface area (Å²) < 4.78 is 27.3. The van der Waals surface area contributed by atoms with Crippen LogP contribution < -0.4 is 5.73 Å². The SMILES string of the molecule is COC1C(Sc2cc(Cl)cnc2-c2cncnc2)OC2COC(c3ccccc3)OC2C1n1cc(-c2csc(N)n2)nn1. The van der Waals surface area contributed by atoms with Crippen LogP contribution in [0.15, 0.2) is 77.8 Å². The molecule has 0 bridgehead atoms. The summed E-state index contributed by atoms with van der Waals surface area (Å²) >= 11 is 9.19. The lowest BCUT2D eigenvalue weighted by atomic mass is 9.95. The number of anilines is 1. The highest BCUT2D eigenvalue weighted by Gasteiger charge is 2.52. The number of hydrogen-bond acceptors (Lipinski definition) is 13. The zero-order chi connectivity index (χ0) is 29.3. The van der Waals surface area contributed by atoms with E-state index in [4.69, 9.17) is 36.3 Å². The van der Waals surface area contributed by atoms with Crippen LogP contribution in [0.2, 0.25) is 5.02 Å². The molecule has 12 nitrogen and oxygen atoms in total. The van der Waals surface area contributed by atoms with Gasteiger partial charge in [-0.3, -0.25) is 4.98 Å². The number of ether oxygens (including phenoxy) is 4. The van der Waals surface area contributed by atoms with Crippen molar-refractivity contribution in [3.8, 4) is 22.6 Å². The molecule has 1 aromatic carbocycles. The predicted molar refractivity (Wildman–Crippen MR) is 160 cm³/mol. The van der Waals surface area contributed by atoms with E-state index in [1.165, 1.54) is 29.4 Å². The first-order valence-corrected chi connectivity index (χ1v) is 15.4. The van der Waals surface area contributed by atoms with Crippen molar-refractivity contribution < 1.29 is 18.9 Å². The van der Waals surface area contributed by atoms with Crippen LogP contribution in [0.1, 0.15) is 17.9 Å². The fourth-order valence-corrected chi connectivity index (χ4v) is 7.32. The third-order valence-corrected chi connectivity index (χ3v) is 9.21. The van der Waals surface area contributed by atoms with Gasteiger partial charge >= 0.3 is 0 Å². The van der Waals surface area contributed by atoms with Gasteiger partial charge in [-0.25, -0.2) is 19.6 Å². The average Bonchev–Trinajstić information content (AvgIpc) is 3.70. The number of halogens is 1. The van der Waals surface area contributed by atoms with Crippen LogP contribution in [0.3, 0.4) is 0 Å². The molecule has 43 heavy (non-hydrogen) atoms. The van der Waals surface area contributed by atoms with Crippen LogP contribution >= 0.6 is 34.7 Å². The van der Waals surface area contributed by atoms with E-state index in [1.54, 1.807) is 30.4 Å². The lowest BCUT2D eigenvalue weighted by molar-refractivity contribution is -0.308. The molecule has 4 aromatic heterocycles. The van der Waals surface area contributed by atoms with E-state index in [2.05, 4.69) is 30.2 Å². The summed E-state index contributed by atoms with van der Waals surface area (Å²) in [5.74, 6) is 0. The molecule has 220 valence electrons. The van der Waals surface area contributed by atoms with Gasteiger partial charge < -0.3 is 24.7 Å². The zero-order valence-corrected chi connectivity index (χ0v) is 25.0. The number of methoxy groups -OCH3 is 1. The van der Waals surface area contributed by atoms with Crippen molar-refractivity contribution in [3.63, 3.8) is 0 Å². The highest BCUT2D eigenvalue weighted by Crippen LogP contribution is 2.46. The molecular formula is C28H25ClN8O4S2. The Morgan fingerprint density at radius 3 is 2.72 bits per heavy atom. The van der Waals surface area contributed by atoms with Gasteiger partial charge in [0.15, 0.2) is 11.4 Å². The van der Waals surface area contributed by atoms with E-state index in [9.17, 15) is 0 Å². The molecule has 7 rings (SSSR count). The number of rotatable bonds is 7. The summed E-state index contributed by atoms with van der Waals surface area (Å²) in [6.45, 7) is 0.297. The van der Waals surface area contributed by atoms with Gasteiger partial charge in [-0.05, 0) is 6.07 Å². The molecule has 0 saturated carbocycles. The van der Waals surface area contributed by atoms with Crippen LogP contribution in [0.5, 0.6) is 0 Å². The van der Waals surface area contributed by atoms with E-state index in [1.807, 2.05) is 48.0 Å². The van der Waals surface area contributed by atoms with Crippen molar-refractivity contribution in [2.45, 2.75) is 41.0 Å². The van der Waals surface area contributed by atoms with Gasteiger partial charge in [-0.1, -0.05) is 58.9 Å². The van der Waals surface area contributed by atoms with Gasteiger partial charge in [-0.2, -0.15) is 0 Å². The number of pyridine rings is 1. The minimum Gasteiger partial charge on any atom is -0.375 e. The lowest BCUT2D eigenvalue weighted by Crippen LogP contribution is -2.59. The molecule has 2 saturated heterocycles. The lowest BCUT2D eigenvalue weighted by Gasteiger charge is -2.48. The molecule has 0 aliphatic carbocycles. The number of aromatic nitrogens is 7.